The first-order valence-electron chi connectivity index (χ1n) is 5.30. The fourth-order valence-corrected chi connectivity index (χ4v) is 1.82. The first-order chi connectivity index (χ1) is 8.27. The highest BCUT2D eigenvalue weighted by Crippen LogP contribution is 2.24. The molecule has 6 N–H and O–H groups in total. The van der Waals surface area contributed by atoms with Crippen LogP contribution in [-0.4, -0.2) is 30.4 Å². The Morgan fingerprint density at radius 3 is 2.50 bits per heavy atom. The summed E-state index contributed by atoms with van der Waals surface area (Å²) in [4.78, 5) is 27.3. The van der Waals surface area contributed by atoms with Crippen LogP contribution in [0.15, 0.2) is 0 Å². The number of hydrogen-bond donors (Lipinski definition) is 4. The Morgan fingerprint density at radius 2 is 2.06 bits per heavy atom. The molecule has 8 heteroatoms. The predicted octanol–water partition coefficient (Wildman–Crippen LogP) is 0.00830. The minimum atomic E-state index is -0.805. The molecule has 1 rings (SSSR count). The van der Waals surface area contributed by atoms with Crippen molar-refractivity contribution in [1.29, 1.82) is 0 Å². The number of nitrogens with zero attached hydrogens (tertiary/aromatic N) is 1. The van der Waals surface area contributed by atoms with Crippen molar-refractivity contribution in [1.82, 2.24) is 10.3 Å². The van der Waals surface area contributed by atoms with E-state index in [4.69, 9.17) is 11.5 Å². The number of aromatic nitrogens is 1. The number of rotatable bonds is 5. The van der Waals surface area contributed by atoms with Crippen LogP contribution in [0.25, 0.3) is 0 Å². The molecule has 0 aromatic carbocycles. The van der Waals surface area contributed by atoms with Gasteiger partial charge in [-0.15, -0.1) is 0 Å². The van der Waals surface area contributed by atoms with E-state index in [1.165, 1.54) is 0 Å². The molecule has 0 atom stereocenters. The summed E-state index contributed by atoms with van der Waals surface area (Å²) >= 11 is 1.15. The van der Waals surface area contributed by atoms with Crippen molar-refractivity contribution in [3.8, 4) is 0 Å². The van der Waals surface area contributed by atoms with E-state index in [0.29, 0.717) is 10.0 Å². The third-order valence-corrected chi connectivity index (χ3v) is 3.52. The summed E-state index contributed by atoms with van der Waals surface area (Å²) in [6.07, 6.45) is 0. The highest BCUT2D eigenvalue weighted by molar-refractivity contribution is 7.18. The van der Waals surface area contributed by atoms with Gasteiger partial charge in [-0.2, -0.15) is 0 Å². The normalized spacial score (nSPS) is 11.1. The largest absolute Gasteiger partial charge is 0.382 e. The van der Waals surface area contributed by atoms with E-state index in [1.54, 1.807) is 20.9 Å². The number of nitrogens with two attached hydrogens (primary N) is 2. The SMILES string of the molecule is CNc1nc(N)c(C(=O)NCC(C)(C)C(N)=O)s1. The summed E-state index contributed by atoms with van der Waals surface area (Å²) in [6.45, 7) is 3.46. The Balaban J connectivity index is 2.71. The lowest BCUT2D eigenvalue weighted by Crippen LogP contribution is -2.42. The molecule has 0 aliphatic rings. The van der Waals surface area contributed by atoms with Crippen LogP contribution in [0.5, 0.6) is 0 Å². The molecule has 0 spiro atoms. The number of amides is 2. The lowest BCUT2D eigenvalue weighted by Gasteiger charge is -2.20. The van der Waals surface area contributed by atoms with Crippen LogP contribution >= 0.6 is 11.3 Å². The Bertz CT molecular complexity index is 469. The maximum Gasteiger partial charge on any atom is 0.265 e. The maximum atomic E-state index is 11.9. The average Bonchev–Trinajstić information content (AvgIpc) is 2.67. The van der Waals surface area contributed by atoms with Crippen molar-refractivity contribution in [3.05, 3.63) is 4.88 Å². The number of carbonyl (C=O) groups is 2. The van der Waals surface area contributed by atoms with Crippen molar-refractivity contribution in [2.24, 2.45) is 11.1 Å². The number of hydrogen-bond acceptors (Lipinski definition) is 6. The summed E-state index contributed by atoms with van der Waals surface area (Å²) in [5, 5.41) is 5.99. The van der Waals surface area contributed by atoms with Gasteiger partial charge in [0.1, 0.15) is 10.7 Å². The third-order valence-electron chi connectivity index (χ3n) is 2.43. The van der Waals surface area contributed by atoms with E-state index < -0.39 is 11.3 Å². The van der Waals surface area contributed by atoms with Gasteiger partial charge < -0.3 is 22.1 Å². The summed E-state index contributed by atoms with van der Waals surface area (Å²) in [5.74, 6) is -0.671. The highest BCUT2D eigenvalue weighted by atomic mass is 32.1. The monoisotopic (exact) mass is 271 g/mol. The van der Waals surface area contributed by atoms with Gasteiger partial charge in [0.2, 0.25) is 5.91 Å². The second-order valence-electron chi connectivity index (χ2n) is 4.41. The van der Waals surface area contributed by atoms with Crippen molar-refractivity contribution >= 4 is 34.1 Å². The van der Waals surface area contributed by atoms with Gasteiger partial charge in [0.05, 0.1) is 5.41 Å². The van der Waals surface area contributed by atoms with E-state index in [-0.39, 0.29) is 18.3 Å². The minimum Gasteiger partial charge on any atom is -0.382 e. The summed E-state index contributed by atoms with van der Waals surface area (Å²) in [6, 6.07) is 0. The van der Waals surface area contributed by atoms with Crippen molar-refractivity contribution in [2.75, 3.05) is 24.6 Å². The van der Waals surface area contributed by atoms with Gasteiger partial charge in [-0.3, -0.25) is 9.59 Å². The van der Waals surface area contributed by atoms with E-state index in [0.717, 1.165) is 11.3 Å². The van der Waals surface area contributed by atoms with E-state index >= 15 is 0 Å². The zero-order valence-electron chi connectivity index (χ0n) is 10.5. The van der Waals surface area contributed by atoms with Crippen LogP contribution in [0.3, 0.4) is 0 Å². The lowest BCUT2D eigenvalue weighted by molar-refractivity contribution is -0.125. The summed E-state index contributed by atoms with van der Waals surface area (Å²) in [7, 11) is 1.69. The van der Waals surface area contributed by atoms with Crippen molar-refractivity contribution in [2.45, 2.75) is 13.8 Å². The molecule has 100 valence electrons. The zero-order chi connectivity index (χ0) is 13.9. The Kier molecular flexibility index (Phi) is 4.12. The zero-order valence-corrected chi connectivity index (χ0v) is 11.4. The number of primary amides is 1. The van der Waals surface area contributed by atoms with Crippen molar-refractivity contribution in [3.63, 3.8) is 0 Å². The van der Waals surface area contributed by atoms with Gasteiger partial charge in [0.15, 0.2) is 5.13 Å². The van der Waals surface area contributed by atoms with Gasteiger partial charge in [-0.05, 0) is 13.8 Å². The molecule has 0 saturated carbocycles. The smallest absolute Gasteiger partial charge is 0.265 e. The molecule has 0 unspecified atom stereocenters. The Hall–Kier alpha value is -1.83. The number of thiazole rings is 1. The summed E-state index contributed by atoms with van der Waals surface area (Å²) in [5.41, 5.74) is 10.0. The molecule has 0 radical (unpaired) electrons. The van der Waals surface area contributed by atoms with Crippen LogP contribution in [0, 0.1) is 5.41 Å². The number of nitrogens with one attached hydrogen (secondary N) is 2. The average molecular weight is 271 g/mol. The molecule has 0 fully saturated rings. The molecule has 0 aliphatic heterocycles. The third kappa shape index (κ3) is 3.10. The minimum absolute atomic E-state index is 0.146. The molecule has 1 aromatic heterocycles. The molecule has 7 nitrogen and oxygen atoms in total. The van der Waals surface area contributed by atoms with Crippen LogP contribution in [0.2, 0.25) is 0 Å². The standard InChI is InChI=1S/C10H17N5O2S/c1-10(2,8(12)17)4-14-7(16)5-6(11)15-9(13-3)18-5/h4,11H2,1-3H3,(H2,12,17)(H,13,15)(H,14,16). The molecule has 1 aromatic rings. The molecule has 2 amide bonds. The molecule has 1 heterocycles. The van der Waals surface area contributed by atoms with Crippen LogP contribution in [0.4, 0.5) is 10.9 Å². The first-order valence-corrected chi connectivity index (χ1v) is 6.11. The van der Waals surface area contributed by atoms with Crippen LogP contribution in [-0.2, 0) is 4.79 Å². The Labute approximate surface area is 109 Å². The highest BCUT2D eigenvalue weighted by Gasteiger charge is 2.26. The fraction of sp³-hybridized carbons (Fsp3) is 0.500. The second-order valence-corrected chi connectivity index (χ2v) is 5.41. The van der Waals surface area contributed by atoms with Crippen LogP contribution in [0.1, 0.15) is 23.5 Å². The quantitative estimate of drug-likeness (QED) is 0.600. The van der Waals surface area contributed by atoms with E-state index in [2.05, 4.69) is 15.6 Å². The fourth-order valence-electron chi connectivity index (χ4n) is 1.07. The topological polar surface area (TPSA) is 123 Å². The molecule has 0 aliphatic carbocycles. The van der Waals surface area contributed by atoms with Gasteiger partial charge in [-0.25, -0.2) is 4.98 Å². The van der Waals surface area contributed by atoms with Crippen molar-refractivity contribution < 1.29 is 9.59 Å². The van der Waals surface area contributed by atoms with Gasteiger partial charge in [-0.1, -0.05) is 11.3 Å². The molecule has 0 saturated heterocycles. The van der Waals surface area contributed by atoms with Gasteiger partial charge in [0.25, 0.3) is 5.91 Å². The predicted molar refractivity (Wildman–Crippen MR) is 71.4 cm³/mol. The van der Waals surface area contributed by atoms with E-state index in [1.807, 2.05) is 0 Å². The number of carbonyl (C=O) groups excluding carboxylic acids is 2. The molecular weight excluding hydrogens is 254 g/mol. The van der Waals surface area contributed by atoms with Crippen LogP contribution < -0.4 is 22.1 Å². The number of anilines is 2. The summed E-state index contributed by atoms with van der Waals surface area (Å²) < 4.78 is 0. The number of nitrogen functional groups attached to an aromatic ring is 1. The van der Waals surface area contributed by atoms with Gasteiger partial charge >= 0.3 is 0 Å². The first kappa shape index (κ1) is 14.2. The lowest BCUT2D eigenvalue weighted by atomic mass is 9.93. The maximum absolute atomic E-state index is 11.9. The van der Waals surface area contributed by atoms with E-state index in [9.17, 15) is 9.59 Å². The molecular formula is C10H17N5O2S. The second kappa shape index (κ2) is 5.21. The van der Waals surface area contributed by atoms with Gasteiger partial charge in [0, 0.05) is 13.6 Å². The molecule has 18 heavy (non-hydrogen) atoms. The Morgan fingerprint density at radius 1 is 1.44 bits per heavy atom. The molecule has 0 bridgehead atoms.